The van der Waals surface area contributed by atoms with Crippen LogP contribution < -0.4 is 5.32 Å². The average molecular weight is 405 g/mol. The maximum atomic E-state index is 11.7. The van der Waals surface area contributed by atoms with Crippen LogP contribution in [0, 0.1) is 10.5 Å². The summed E-state index contributed by atoms with van der Waals surface area (Å²) in [5.74, 6) is 0.736. The van der Waals surface area contributed by atoms with E-state index in [-0.39, 0.29) is 5.91 Å². The highest BCUT2D eigenvalue weighted by molar-refractivity contribution is 14.1. The molecule has 19 heavy (non-hydrogen) atoms. The van der Waals surface area contributed by atoms with E-state index in [1.54, 1.807) is 23.1 Å². The summed E-state index contributed by atoms with van der Waals surface area (Å²) in [5.41, 5.74) is 0.835. The van der Waals surface area contributed by atoms with Crippen molar-refractivity contribution < 1.29 is 4.79 Å². The quantitative estimate of drug-likeness (QED) is 0.611. The summed E-state index contributed by atoms with van der Waals surface area (Å²) >= 11 is 5.35. The lowest BCUT2D eigenvalue weighted by molar-refractivity contribution is -0.115. The summed E-state index contributed by atoms with van der Waals surface area (Å²) < 4.78 is 2.07. The molecule has 0 saturated heterocycles. The van der Waals surface area contributed by atoms with E-state index >= 15 is 0 Å². The van der Waals surface area contributed by atoms with Gasteiger partial charge in [0.05, 0.1) is 0 Å². The van der Waals surface area contributed by atoms with Gasteiger partial charge in [0, 0.05) is 21.4 Å². The molecule has 0 bridgehead atoms. The summed E-state index contributed by atoms with van der Waals surface area (Å²) in [6.45, 7) is 1.92. The van der Waals surface area contributed by atoms with Crippen molar-refractivity contribution in [2.24, 2.45) is 0 Å². The van der Waals surface area contributed by atoms with Crippen LogP contribution in [0.15, 0.2) is 28.6 Å². The van der Waals surface area contributed by atoms with Gasteiger partial charge in [-0.1, -0.05) is 23.1 Å². The Balaban J connectivity index is 1.74. The average Bonchev–Trinajstić information content (AvgIpc) is 2.78. The number of aromatic nitrogens is 2. The van der Waals surface area contributed by atoms with Crippen molar-refractivity contribution in [3.05, 3.63) is 32.8 Å². The van der Waals surface area contributed by atoms with Crippen LogP contribution in [0.2, 0.25) is 0 Å². The first-order chi connectivity index (χ1) is 9.13. The number of benzene rings is 1. The van der Waals surface area contributed by atoms with Crippen LogP contribution in [0.4, 0.5) is 5.69 Å². The number of carbonyl (C=O) groups excluding carboxylic acids is 1. The van der Waals surface area contributed by atoms with Crippen LogP contribution in [-0.4, -0.2) is 21.9 Å². The number of anilines is 1. The summed E-state index contributed by atoms with van der Waals surface area (Å²) in [6, 6.07) is 7.74. The van der Waals surface area contributed by atoms with E-state index in [0.29, 0.717) is 12.2 Å². The number of aryl methyl sites for hydroxylation is 1. The molecular formula is C12H12IN3OS2. The number of carbonyl (C=O) groups is 1. The van der Waals surface area contributed by atoms with Crippen LogP contribution in [0.25, 0.3) is 0 Å². The lowest BCUT2D eigenvalue weighted by Gasteiger charge is -2.04. The predicted octanol–water partition coefficient (Wildman–Crippen LogP) is 3.57. The Morgan fingerprint density at radius 3 is 2.74 bits per heavy atom. The van der Waals surface area contributed by atoms with E-state index in [0.717, 1.165) is 18.6 Å². The Kier molecular flexibility index (Phi) is 5.59. The van der Waals surface area contributed by atoms with Gasteiger partial charge in [0.25, 0.3) is 0 Å². The van der Waals surface area contributed by atoms with E-state index in [1.807, 2.05) is 31.2 Å². The molecule has 0 spiro atoms. The zero-order valence-electron chi connectivity index (χ0n) is 10.2. The summed E-state index contributed by atoms with van der Waals surface area (Å²) in [4.78, 5) is 11.7. The van der Waals surface area contributed by atoms with Gasteiger partial charge in [-0.25, -0.2) is 0 Å². The van der Waals surface area contributed by atoms with Crippen LogP contribution >= 0.6 is 45.7 Å². The monoisotopic (exact) mass is 405 g/mol. The highest BCUT2D eigenvalue weighted by atomic mass is 127. The second-order valence-corrected chi connectivity index (χ2v) is 7.51. The number of nitrogens with zero attached hydrogens (tertiary/aromatic N) is 2. The zero-order valence-corrected chi connectivity index (χ0v) is 14.0. The van der Waals surface area contributed by atoms with Crippen molar-refractivity contribution in [3.63, 3.8) is 0 Å². The van der Waals surface area contributed by atoms with Crippen molar-refractivity contribution >= 4 is 57.3 Å². The predicted molar refractivity (Wildman–Crippen MR) is 87.8 cm³/mol. The molecule has 0 saturated carbocycles. The van der Waals surface area contributed by atoms with Crippen molar-refractivity contribution in [2.75, 3.05) is 11.1 Å². The number of nitrogens with one attached hydrogen (secondary N) is 1. The fourth-order valence-corrected chi connectivity index (χ4v) is 3.51. The van der Waals surface area contributed by atoms with Crippen molar-refractivity contribution in [3.8, 4) is 0 Å². The molecule has 2 aromatic rings. The minimum Gasteiger partial charge on any atom is -0.326 e. The standard InChI is InChI=1S/C12H12IN3OS2/c1-8-15-16-12(19-8)18-7-6-11(17)14-10-4-2-9(13)3-5-10/h2-5H,6-7H2,1H3,(H,14,17). The topological polar surface area (TPSA) is 54.9 Å². The molecule has 1 aromatic heterocycles. The third-order valence-corrected chi connectivity index (χ3v) is 4.88. The third-order valence-electron chi connectivity index (χ3n) is 2.19. The molecule has 1 aromatic carbocycles. The Morgan fingerprint density at radius 2 is 2.11 bits per heavy atom. The molecule has 100 valence electrons. The molecule has 0 radical (unpaired) electrons. The number of hydrogen-bond acceptors (Lipinski definition) is 5. The molecule has 0 aliphatic heterocycles. The lowest BCUT2D eigenvalue weighted by Crippen LogP contribution is -2.12. The highest BCUT2D eigenvalue weighted by Gasteiger charge is 2.05. The molecule has 0 aliphatic rings. The SMILES string of the molecule is Cc1nnc(SCCC(=O)Nc2ccc(I)cc2)s1. The largest absolute Gasteiger partial charge is 0.326 e. The van der Waals surface area contributed by atoms with E-state index in [9.17, 15) is 4.79 Å². The maximum Gasteiger partial charge on any atom is 0.225 e. The van der Waals surface area contributed by atoms with E-state index in [1.165, 1.54) is 0 Å². The lowest BCUT2D eigenvalue weighted by atomic mass is 10.3. The van der Waals surface area contributed by atoms with Gasteiger partial charge in [0.15, 0.2) is 4.34 Å². The Hall–Kier alpha value is -0.670. The molecule has 0 atom stereocenters. The first-order valence-electron chi connectivity index (χ1n) is 5.62. The molecule has 2 rings (SSSR count). The Labute approximate surface area is 133 Å². The van der Waals surface area contributed by atoms with Crippen LogP contribution in [0.5, 0.6) is 0 Å². The number of amides is 1. The summed E-state index contributed by atoms with van der Waals surface area (Å²) in [6.07, 6.45) is 0.468. The molecule has 0 aliphatic carbocycles. The van der Waals surface area contributed by atoms with Crippen LogP contribution in [0.1, 0.15) is 11.4 Å². The van der Waals surface area contributed by atoms with E-state index in [2.05, 4.69) is 38.1 Å². The molecule has 7 heteroatoms. The van der Waals surface area contributed by atoms with Gasteiger partial charge in [-0.15, -0.1) is 10.2 Å². The van der Waals surface area contributed by atoms with Crippen molar-refractivity contribution in [1.82, 2.24) is 10.2 Å². The first-order valence-corrected chi connectivity index (χ1v) is 8.50. The van der Waals surface area contributed by atoms with Gasteiger partial charge in [-0.05, 0) is 53.8 Å². The first kappa shape index (κ1) is 14.7. The number of rotatable bonds is 5. The summed E-state index contributed by atoms with van der Waals surface area (Å²) in [7, 11) is 0. The molecule has 1 amide bonds. The summed E-state index contributed by atoms with van der Waals surface area (Å²) in [5, 5.41) is 11.8. The van der Waals surface area contributed by atoms with Crippen molar-refractivity contribution in [2.45, 2.75) is 17.7 Å². The fraction of sp³-hybridized carbons (Fsp3) is 0.250. The second kappa shape index (κ2) is 7.20. The van der Waals surface area contributed by atoms with E-state index in [4.69, 9.17) is 0 Å². The van der Waals surface area contributed by atoms with Gasteiger partial charge in [-0.3, -0.25) is 4.79 Å². The third kappa shape index (κ3) is 5.07. The molecule has 1 heterocycles. The molecule has 1 N–H and O–H groups in total. The van der Waals surface area contributed by atoms with Crippen LogP contribution in [0.3, 0.4) is 0 Å². The van der Waals surface area contributed by atoms with Crippen molar-refractivity contribution in [1.29, 1.82) is 0 Å². The van der Waals surface area contributed by atoms with Crippen LogP contribution in [-0.2, 0) is 4.79 Å². The maximum absolute atomic E-state index is 11.7. The second-order valence-electron chi connectivity index (χ2n) is 3.74. The van der Waals surface area contributed by atoms with Gasteiger partial charge in [0.2, 0.25) is 5.91 Å². The Bertz CT molecular complexity index is 556. The number of hydrogen-bond donors (Lipinski definition) is 1. The molecule has 4 nitrogen and oxygen atoms in total. The fourth-order valence-electron chi connectivity index (χ4n) is 1.32. The molecule has 0 fully saturated rings. The minimum absolute atomic E-state index is 0.0231. The molecule has 0 unspecified atom stereocenters. The van der Waals surface area contributed by atoms with Gasteiger partial charge in [-0.2, -0.15) is 0 Å². The number of halogens is 1. The highest BCUT2D eigenvalue weighted by Crippen LogP contribution is 2.22. The smallest absolute Gasteiger partial charge is 0.225 e. The Morgan fingerprint density at radius 1 is 1.37 bits per heavy atom. The normalized spacial score (nSPS) is 10.4. The van der Waals surface area contributed by atoms with Gasteiger partial charge >= 0.3 is 0 Å². The molecular weight excluding hydrogens is 393 g/mol. The van der Waals surface area contributed by atoms with Gasteiger partial charge < -0.3 is 5.32 Å². The van der Waals surface area contributed by atoms with Gasteiger partial charge in [0.1, 0.15) is 5.01 Å². The number of thioether (sulfide) groups is 1. The minimum atomic E-state index is 0.0231. The zero-order chi connectivity index (χ0) is 13.7. The van der Waals surface area contributed by atoms with E-state index < -0.39 is 0 Å².